The Morgan fingerprint density at radius 1 is 1.53 bits per heavy atom. The van der Waals surface area contributed by atoms with Gasteiger partial charge in [-0.2, -0.15) is 0 Å². The highest BCUT2D eigenvalue weighted by atomic mass is 32.1. The molecule has 0 amide bonds. The molecule has 3 heteroatoms. The second-order valence-electron chi connectivity index (χ2n) is 5.20. The Labute approximate surface area is 94.7 Å². The van der Waals surface area contributed by atoms with Gasteiger partial charge in [0.1, 0.15) is 0 Å². The van der Waals surface area contributed by atoms with Crippen LogP contribution in [0.5, 0.6) is 0 Å². The van der Waals surface area contributed by atoms with Crippen molar-refractivity contribution in [3.63, 3.8) is 0 Å². The molecule has 0 aliphatic heterocycles. The summed E-state index contributed by atoms with van der Waals surface area (Å²) >= 11 is 1.41. The van der Waals surface area contributed by atoms with Gasteiger partial charge in [0, 0.05) is 10.6 Å². The SMILES string of the molecule is CCC(C)(C)C1CCc2[nH]c(=O)sc2C1. The van der Waals surface area contributed by atoms with E-state index in [0.29, 0.717) is 5.41 Å². The number of nitrogens with one attached hydrogen (secondary N) is 1. The highest BCUT2D eigenvalue weighted by molar-refractivity contribution is 7.09. The zero-order valence-electron chi connectivity index (χ0n) is 9.72. The number of aryl methyl sites for hydroxylation is 1. The minimum absolute atomic E-state index is 0.120. The van der Waals surface area contributed by atoms with Crippen molar-refractivity contribution in [2.75, 3.05) is 0 Å². The molecule has 1 N–H and O–H groups in total. The van der Waals surface area contributed by atoms with Crippen molar-refractivity contribution >= 4 is 11.3 Å². The molecule has 0 aromatic carbocycles. The molecule has 1 aliphatic carbocycles. The lowest BCUT2D eigenvalue weighted by atomic mass is 9.70. The first-order chi connectivity index (χ1) is 7.03. The minimum atomic E-state index is 0.120. The van der Waals surface area contributed by atoms with Gasteiger partial charge in [-0.05, 0) is 30.6 Å². The Bertz CT molecular complexity index is 402. The molecule has 0 saturated heterocycles. The van der Waals surface area contributed by atoms with Crippen LogP contribution in [-0.4, -0.2) is 4.98 Å². The molecular formula is C12H19NOS. The smallest absolute Gasteiger partial charge is 0.304 e. The maximum atomic E-state index is 11.2. The van der Waals surface area contributed by atoms with Gasteiger partial charge in [-0.25, -0.2) is 0 Å². The van der Waals surface area contributed by atoms with Gasteiger partial charge in [0.05, 0.1) is 0 Å². The lowest BCUT2D eigenvalue weighted by molar-refractivity contribution is 0.183. The van der Waals surface area contributed by atoms with Crippen molar-refractivity contribution in [2.45, 2.75) is 46.5 Å². The third-order valence-electron chi connectivity index (χ3n) is 4.00. The van der Waals surface area contributed by atoms with Crippen molar-refractivity contribution in [1.82, 2.24) is 4.98 Å². The molecule has 1 heterocycles. The maximum Gasteiger partial charge on any atom is 0.304 e. The van der Waals surface area contributed by atoms with Gasteiger partial charge in [-0.15, -0.1) is 0 Å². The van der Waals surface area contributed by atoms with Crippen LogP contribution < -0.4 is 4.87 Å². The molecule has 0 radical (unpaired) electrons. The van der Waals surface area contributed by atoms with Gasteiger partial charge in [-0.1, -0.05) is 38.5 Å². The summed E-state index contributed by atoms with van der Waals surface area (Å²) < 4.78 is 0. The summed E-state index contributed by atoms with van der Waals surface area (Å²) in [5, 5.41) is 0. The number of hydrogen-bond donors (Lipinski definition) is 1. The second kappa shape index (κ2) is 3.78. The van der Waals surface area contributed by atoms with Gasteiger partial charge in [0.25, 0.3) is 0 Å². The number of fused-ring (bicyclic) bond motifs is 1. The number of thiazole rings is 1. The Morgan fingerprint density at radius 2 is 2.27 bits per heavy atom. The first kappa shape index (κ1) is 10.9. The molecule has 0 fully saturated rings. The normalized spacial score (nSPS) is 21.4. The summed E-state index contributed by atoms with van der Waals surface area (Å²) in [4.78, 5) is 15.6. The molecule has 0 saturated carbocycles. The summed E-state index contributed by atoms with van der Waals surface area (Å²) in [5.74, 6) is 0.737. The van der Waals surface area contributed by atoms with Crippen LogP contribution in [0.3, 0.4) is 0 Å². The standard InChI is InChI=1S/C12H19NOS/c1-4-12(2,3)8-5-6-9-10(7-8)15-11(14)13-9/h8H,4-7H2,1-3H3,(H,13,14). The lowest BCUT2D eigenvalue weighted by Gasteiger charge is -2.35. The molecule has 1 atom stereocenters. The Hall–Kier alpha value is -0.570. The van der Waals surface area contributed by atoms with E-state index in [9.17, 15) is 4.79 Å². The van der Waals surface area contributed by atoms with Crippen molar-refractivity contribution < 1.29 is 0 Å². The Morgan fingerprint density at radius 3 is 2.93 bits per heavy atom. The summed E-state index contributed by atoms with van der Waals surface area (Å²) in [6, 6.07) is 0. The van der Waals surface area contributed by atoms with E-state index < -0.39 is 0 Å². The highest BCUT2D eigenvalue weighted by Gasteiger charge is 2.32. The maximum absolute atomic E-state index is 11.2. The van der Waals surface area contributed by atoms with Crippen molar-refractivity contribution in [1.29, 1.82) is 0 Å². The predicted molar refractivity (Wildman–Crippen MR) is 64.5 cm³/mol. The van der Waals surface area contributed by atoms with E-state index >= 15 is 0 Å². The average molecular weight is 225 g/mol. The fraction of sp³-hybridized carbons (Fsp3) is 0.750. The Balaban J connectivity index is 2.22. The van der Waals surface area contributed by atoms with E-state index in [2.05, 4.69) is 25.8 Å². The zero-order valence-corrected chi connectivity index (χ0v) is 10.5. The lowest BCUT2D eigenvalue weighted by Crippen LogP contribution is -2.28. The van der Waals surface area contributed by atoms with Crippen LogP contribution in [-0.2, 0) is 12.8 Å². The van der Waals surface area contributed by atoms with Crippen LogP contribution >= 0.6 is 11.3 Å². The topological polar surface area (TPSA) is 32.9 Å². The summed E-state index contributed by atoms with van der Waals surface area (Å²) in [6.07, 6.45) is 4.59. The molecule has 1 aromatic rings. The van der Waals surface area contributed by atoms with Gasteiger partial charge in [-0.3, -0.25) is 4.79 Å². The van der Waals surface area contributed by atoms with Gasteiger partial charge in [0.2, 0.25) is 0 Å². The quantitative estimate of drug-likeness (QED) is 0.824. The number of rotatable bonds is 2. The zero-order chi connectivity index (χ0) is 11.1. The molecule has 2 rings (SSSR count). The first-order valence-corrected chi connectivity index (χ1v) is 6.55. The van der Waals surface area contributed by atoms with E-state index in [-0.39, 0.29) is 4.87 Å². The van der Waals surface area contributed by atoms with Gasteiger partial charge in [0.15, 0.2) is 0 Å². The van der Waals surface area contributed by atoms with Gasteiger partial charge >= 0.3 is 4.87 Å². The van der Waals surface area contributed by atoms with Crippen molar-refractivity contribution in [3.8, 4) is 0 Å². The third kappa shape index (κ3) is 2.03. The van der Waals surface area contributed by atoms with Crippen LogP contribution in [0, 0.1) is 11.3 Å². The molecular weight excluding hydrogens is 206 g/mol. The van der Waals surface area contributed by atoms with Crippen LogP contribution in [0.1, 0.15) is 44.2 Å². The van der Waals surface area contributed by atoms with Gasteiger partial charge < -0.3 is 4.98 Å². The Kier molecular flexibility index (Phi) is 2.75. The first-order valence-electron chi connectivity index (χ1n) is 5.74. The second-order valence-corrected chi connectivity index (χ2v) is 6.27. The van der Waals surface area contributed by atoms with E-state index in [1.807, 2.05) is 0 Å². The van der Waals surface area contributed by atoms with E-state index in [1.165, 1.54) is 34.7 Å². The van der Waals surface area contributed by atoms with E-state index in [0.717, 1.165) is 18.8 Å². The molecule has 84 valence electrons. The van der Waals surface area contributed by atoms with Crippen LogP contribution in [0.15, 0.2) is 4.79 Å². The summed E-state index contributed by atoms with van der Waals surface area (Å²) in [5.41, 5.74) is 1.61. The molecule has 1 aromatic heterocycles. The number of H-pyrrole nitrogens is 1. The fourth-order valence-electron chi connectivity index (χ4n) is 2.36. The van der Waals surface area contributed by atoms with Crippen molar-refractivity contribution in [2.24, 2.45) is 11.3 Å². The minimum Gasteiger partial charge on any atom is -0.316 e. The fourth-order valence-corrected chi connectivity index (χ4v) is 3.32. The van der Waals surface area contributed by atoms with Crippen molar-refractivity contribution in [3.05, 3.63) is 20.2 Å². The summed E-state index contributed by atoms with van der Waals surface area (Å²) in [6.45, 7) is 6.95. The summed E-state index contributed by atoms with van der Waals surface area (Å²) in [7, 11) is 0. The van der Waals surface area contributed by atoms with E-state index in [1.54, 1.807) is 0 Å². The molecule has 0 bridgehead atoms. The molecule has 15 heavy (non-hydrogen) atoms. The number of aromatic amines is 1. The molecule has 1 unspecified atom stereocenters. The van der Waals surface area contributed by atoms with Crippen LogP contribution in [0.25, 0.3) is 0 Å². The predicted octanol–water partition coefficient (Wildman–Crippen LogP) is 2.98. The number of aromatic nitrogens is 1. The van der Waals surface area contributed by atoms with Crippen LogP contribution in [0.4, 0.5) is 0 Å². The third-order valence-corrected chi connectivity index (χ3v) is 4.94. The molecule has 1 aliphatic rings. The molecule has 0 spiro atoms. The monoisotopic (exact) mass is 225 g/mol. The number of hydrogen-bond acceptors (Lipinski definition) is 2. The van der Waals surface area contributed by atoms with Crippen LogP contribution in [0.2, 0.25) is 0 Å². The van der Waals surface area contributed by atoms with E-state index in [4.69, 9.17) is 0 Å². The molecule has 2 nitrogen and oxygen atoms in total. The highest BCUT2D eigenvalue weighted by Crippen LogP contribution is 2.39. The average Bonchev–Trinajstić information content (AvgIpc) is 2.56. The largest absolute Gasteiger partial charge is 0.316 e.